The summed E-state index contributed by atoms with van der Waals surface area (Å²) in [6.07, 6.45) is 0. The minimum absolute atomic E-state index is 0.274. The van der Waals surface area contributed by atoms with Gasteiger partial charge >= 0.3 is 0 Å². The summed E-state index contributed by atoms with van der Waals surface area (Å²) in [5.41, 5.74) is 0. The van der Waals surface area contributed by atoms with Crippen LogP contribution in [-0.2, 0) is 4.43 Å². The first-order chi connectivity index (χ1) is 7.63. The maximum absolute atomic E-state index is 6.21. The molecule has 0 aliphatic rings. The summed E-state index contributed by atoms with van der Waals surface area (Å²) in [7, 11) is -1.63. The molecule has 98 valence electrons. The molecule has 1 rings (SSSR count). The van der Waals surface area contributed by atoms with Crippen molar-refractivity contribution in [1.29, 1.82) is 0 Å². The molecule has 0 aliphatic heterocycles. The molecule has 2 nitrogen and oxygen atoms in total. The Morgan fingerprint density at radius 2 is 2.06 bits per heavy atom. The smallest absolute Gasteiger partial charge is 0.192 e. The Labute approximate surface area is 118 Å². The molecule has 1 heterocycles. The summed E-state index contributed by atoms with van der Waals surface area (Å²) in [6.45, 7) is 14.3. The van der Waals surface area contributed by atoms with Crippen LogP contribution in [0.4, 0.5) is 0 Å². The molecule has 0 unspecified atom stereocenters. The van der Waals surface area contributed by atoms with Gasteiger partial charge in [0.1, 0.15) is 4.60 Å². The number of halogens is 1. The van der Waals surface area contributed by atoms with Crippen LogP contribution >= 0.6 is 27.3 Å². The van der Waals surface area contributed by atoms with Crippen LogP contribution in [0.3, 0.4) is 0 Å². The van der Waals surface area contributed by atoms with Crippen molar-refractivity contribution >= 4 is 35.6 Å². The molecule has 1 aromatic rings. The first kappa shape index (κ1) is 15.3. The zero-order valence-corrected chi connectivity index (χ0v) is 14.9. The molecule has 17 heavy (non-hydrogen) atoms. The summed E-state index contributed by atoms with van der Waals surface area (Å²) in [5.74, 6) is 0.375. The molecule has 0 radical (unpaired) electrons. The maximum Gasteiger partial charge on any atom is 0.192 e. The van der Waals surface area contributed by atoms with E-state index in [0.29, 0.717) is 5.92 Å². The van der Waals surface area contributed by atoms with E-state index in [-0.39, 0.29) is 5.04 Å². The van der Waals surface area contributed by atoms with Gasteiger partial charge < -0.3 is 4.43 Å². The van der Waals surface area contributed by atoms with Gasteiger partial charge in [0, 0.05) is 17.9 Å². The van der Waals surface area contributed by atoms with E-state index >= 15 is 0 Å². The summed E-state index contributed by atoms with van der Waals surface area (Å²) in [6, 6.07) is 0. The van der Waals surface area contributed by atoms with Gasteiger partial charge in [0.15, 0.2) is 8.32 Å². The zero-order chi connectivity index (χ0) is 13.3. The molecule has 0 spiro atoms. The largest absolute Gasteiger partial charge is 0.416 e. The first-order valence-electron chi connectivity index (χ1n) is 5.88. The number of nitrogens with zero attached hydrogens (tertiary/aromatic N) is 1. The van der Waals surface area contributed by atoms with E-state index in [1.54, 1.807) is 11.3 Å². The predicted octanol–water partition coefficient (Wildman–Crippen LogP) is 5.03. The lowest BCUT2D eigenvalue weighted by molar-refractivity contribution is 0.269. The van der Waals surface area contributed by atoms with Gasteiger partial charge in [-0.25, -0.2) is 4.98 Å². The molecular weight excluding hydrogens is 314 g/mol. The average Bonchev–Trinajstić information content (AvgIpc) is 2.59. The van der Waals surface area contributed by atoms with Crippen molar-refractivity contribution in [3.63, 3.8) is 0 Å². The van der Waals surface area contributed by atoms with Crippen LogP contribution in [0.15, 0.2) is 9.98 Å². The molecule has 0 saturated heterocycles. The Kier molecular flexibility index (Phi) is 4.97. The number of hydrogen-bond donors (Lipinski definition) is 0. The standard InChI is InChI=1S/C12H22BrNOSSi/c1-9(11-14-10(13)8-16-11)7-15-17(5,6)12(2,3)4/h8-9H,7H2,1-6H3/t9-/m0/s1. The van der Waals surface area contributed by atoms with Crippen molar-refractivity contribution in [3.8, 4) is 0 Å². The fourth-order valence-corrected chi connectivity index (χ4v) is 3.53. The molecule has 1 atom stereocenters. The number of aromatic nitrogens is 1. The number of thiazole rings is 1. The van der Waals surface area contributed by atoms with Crippen molar-refractivity contribution in [2.75, 3.05) is 6.61 Å². The summed E-state index contributed by atoms with van der Waals surface area (Å²) >= 11 is 5.08. The maximum atomic E-state index is 6.21. The Hall–Kier alpha value is 0.287. The minimum atomic E-state index is -1.63. The number of hydrogen-bond acceptors (Lipinski definition) is 3. The first-order valence-corrected chi connectivity index (χ1v) is 10.5. The molecule has 0 amide bonds. The fourth-order valence-electron chi connectivity index (χ4n) is 1.11. The molecule has 0 aliphatic carbocycles. The van der Waals surface area contributed by atoms with E-state index in [1.165, 1.54) is 0 Å². The molecular formula is C12H22BrNOSSi. The number of rotatable bonds is 4. The van der Waals surface area contributed by atoms with Gasteiger partial charge in [-0.15, -0.1) is 11.3 Å². The topological polar surface area (TPSA) is 22.1 Å². The molecule has 0 saturated carbocycles. The van der Waals surface area contributed by atoms with E-state index in [9.17, 15) is 0 Å². The van der Waals surface area contributed by atoms with Crippen LogP contribution in [0.5, 0.6) is 0 Å². The fraction of sp³-hybridized carbons (Fsp3) is 0.750. The van der Waals surface area contributed by atoms with E-state index in [4.69, 9.17) is 4.43 Å². The molecule has 0 bridgehead atoms. The van der Waals surface area contributed by atoms with Gasteiger partial charge in [-0.2, -0.15) is 0 Å². The normalized spacial score (nSPS) is 15.0. The Morgan fingerprint density at radius 3 is 2.47 bits per heavy atom. The third kappa shape index (κ3) is 4.15. The van der Waals surface area contributed by atoms with Crippen LogP contribution in [0, 0.1) is 0 Å². The lowest BCUT2D eigenvalue weighted by Crippen LogP contribution is -2.41. The zero-order valence-electron chi connectivity index (χ0n) is 11.5. The van der Waals surface area contributed by atoms with Gasteiger partial charge in [-0.05, 0) is 34.1 Å². The summed E-state index contributed by atoms with van der Waals surface area (Å²) < 4.78 is 7.14. The van der Waals surface area contributed by atoms with Crippen LogP contribution < -0.4 is 0 Å². The van der Waals surface area contributed by atoms with Gasteiger partial charge in [-0.3, -0.25) is 0 Å². The highest BCUT2D eigenvalue weighted by molar-refractivity contribution is 9.10. The predicted molar refractivity (Wildman–Crippen MR) is 81.4 cm³/mol. The minimum Gasteiger partial charge on any atom is -0.416 e. The Morgan fingerprint density at radius 1 is 1.47 bits per heavy atom. The summed E-state index contributed by atoms with van der Waals surface area (Å²) in [5, 5.41) is 3.45. The third-order valence-electron chi connectivity index (χ3n) is 3.42. The van der Waals surface area contributed by atoms with Crippen molar-refractivity contribution in [3.05, 3.63) is 15.0 Å². The quantitative estimate of drug-likeness (QED) is 0.719. The molecule has 5 heteroatoms. The van der Waals surface area contributed by atoms with Crippen molar-refractivity contribution in [2.45, 2.75) is 51.7 Å². The van der Waals surface area contributed by atoms with Crippen LogP contribution in [0.25, 0.3) is 0 Å². The lowest BCUT2D eigenvalue weighted by Gasteiger charge is -2.36. The van der Waals surface area contributed by atoms with E-state index < -0.39 is 8.32 Å². The highest BCUT2D eigenvalue weighted by atomic mass is 79.9. The Balaban J connectivity index is 2.57. The second kappa shape index (κ2) is 5.51. The van der Waals surface area contributed by atoms with Crippen molar-refractivity contribution in [2.24, 2.45) is 0 Å². The lowest BCUT2D eigenvalue weighted by atomic mass is 10.2. The van der Waals surface area contributed by atoms with E-state index in [1.807, 2.05) is 5.38 Å². The van der Waals surface area contributed by atoms with Gasteiger partial charge in [0.25, 0.3) is 0 Å². The monoisotopic (exact) mass is 335 g/mol. The molecule has 1 aromatic heterocycles. The Bertz CT molecular complexity index is 373. The van der Waals surface area contributed by atoms with Crippen LogP contribution in [-0.4, -0.2) is 19.9 Å². The van der Waals surface area contributed by atoms with E-state index in [0.717, 1.165) is 16.2 Å². The van der Waals surface area contributed by atoms with Crippen LogP contribution in [0.1, 0.15) is 38.6 Å². The molecule has 0 aromatic carbocycles. The highest BCUT2D eigenvalue weighted by Crippen LogP contribution is 2.37. The second-order valence-corrected chi connectivity index (χ2v) is 12.5. The van der Waals surface area contributed by atoms with Gasteiger partial charge in [-0.1, -0.05) is 27.7 Å². The highest BCUT2D eigenvalue weighted by Gasteiger charge is 2.37. The van der Waals surface area contributed by atoms with Crippen molar-refractivity contribution in [1.82, 2.24) is 4.98 Å². The second-order valence-electron chi connectivity index (χ2n) is 5.98. The third-order valence-corrected chi connectivity index (χ3v) is 9.70. The van der Waals surface area contributed by atoms with Gasteiger partial charge in [0.05, 0.1) is 5.01 Å². The molecule has 0 fully saturated rings. The van der Waals surface area contributed by atoms with Crippen LogP contribution in [0.2, 0.25) is 18.1 Å². The van der Waals surface area contributed by atoms with Crippen molar-refractivity contribution < 1.29 is 4.43 Å². The SMILES string of the molecule is C[C@@H](CO[Si](C)(C)C(C)(C)C)c1nc(Br)cs1. The average molecular weight is 336 g/mol. The van der Waals surface area contributed by atoms with Gasteiger partial charge in [0.2, 0.25) is 0 Å². The molecule has 0 N–H and O–H groups in total. The summed E-state index contributed by atoms with van der Waals surface area (Å²) in [4.78, 5) is 4.44. The van der Waals surface area contributed by atoms with E-state index in [2.05, 4.69) is 61.7 Å².